The van der Waals surface area contributed by atoms with Gasteiger partial charge in [-0.15, -0.1) is 10.2 Å². The van der Waals surface area contributed by atoms with Gasteiger partial charge in [-0.3, -0.25) is 9.36 Å². The molecule has 0 aliphatic heterocycles. The molecule has 1 amide bonds. The van der Waals surface area contributed by atoms with Gasteiger partial charge in [0.15, 0.2) is 11.0 Å². The SMILES string of the molecule is CCOc1ccc(-n2c(SCC(=O)N/N=C\c3ccc(O)cc3)nnc2-c2ccccc2)cc1. The van der Waals surface area contributed by atoms with Gasteiger partial charge in [-0.25, -0.2) is 5.43 Å². The fourth-order valence-electron chi connectivity index (χ4n) is 3.13. The van der Waals surface area contributed by atoms with Gasteiger partial charge in [-0.2, -0.15) is 5.10 Å². The van der Waals surface area contributed by atoms with E-state index in [2.05, 4.69) is 20.7 Å². The Morgan fingerprint density at radius 3 is 2.50 bits per heavy atom. The first-order chi connectivity index (χ1) is 16.6. The lowest BCUT2D eigenvalue weighted by Gasteiger charge is -2.11. The first-order valence-corrected chi connectivity index (χ1v) is 11.6. The molecule has 0 saturated carbocycles. The zero-order valence-corrected chi connectivity index (χ0v) is 19.3. The molecular formula is C25H23N5O3S. The number of phenols is 1. The number of aromatic hydroxyl groups is 1. The minimum Gasteiger partial charge on any atom is -0.508 e. The number of carbonyl (C=O) groups is 1. The summed E-state index contributed by atoms with van der Waals surface area (Å²) in [5, 5.41) is 22.6. The summed E-state index contributed by atoms with van der Waals surface area (Å²) in [5.41, 5.74) is 5.04. The number of carbonyl (C=O) groups excluding carboxylic acids is 1. The van der Waals surface area contributed by atoms with E-state index in [1.165, 1.54) is 18.0 Å². The topological polar surface area (TPSA) is 102 Å². The monoisotopic (exact) mass is 473 g/mol. The summed E-state index contributed by atoms with van der Waals surface area (Å²) < 4.78 is 7.47. The Kier molecular flexibility index (Phi) is 7.56. The van der Waals surface area contributed by atoms with E-state index in [0.29, 0.717) is 17.6 Å². The molecule has 0 bridgehead atoms. The van der Waals surface area contributed by atoms with Crippen molar-refractivity contribution in [1.29, 1.82) is 0 Å². The van der Waals surface area contributed by atoms with Crippen molar-refractivity contribution in [2.24, 2.45) is 5.10 Å². The molecule has 4 aromatic rings. The van der Waals surface area contributed by atoms with Crippen LogP contribution < -0.4 is 10.2 Å². The molecule has 2 N–H and O–H groups in total. The fraction of sp³-hybridized carbons (Fsp3) is 0.120. The zero-order chi connectivity index (χ0) is 23.8. The predicted octanol–water partition coefficient (Wildman–Crippen LogP) is 4.28. The largest absolute Gasteiger partial charge is 0.508 e. The lowest BCUT2D eigenvalue weighted by Crippen LogP contribution is -2.20. The van der Waals surface area contributed by atoms with Crippen LogP contribution in [0.5, 0.6) is 11.5 Å². The molecule has 0 radical (unpaired) electrons. The van der Waals surface area contributed by atoms with E-state index in [1.54, 1.807) is 24.3 Å². The lowest BCUT2D eigenvalue weighted by atomic mass is 10.2. The van der Waals surface area contributed by atoms with E-state index >= 15 is 0 Å². The van der Waals surface area contributed by atoms with E-state index in [0.717, 1.165) is 22.6 Å². The van der Waals surface area contributed by atoms with Gasteiger partial charge >= 0.3 is 0 Å². The summed E-state index contributed by atoms with van der Waals surface area (Å²) in [7, 11) is 0. The van der Waals surface area contributed by atoms with E-state index in [9.17, 15) is 9.90 Å². The second kappa shape index (κ2) is 11.2. The standard InChI is InChI=1S/C25H23N5O3S/c1-2-33-22-14-10-20(11-15-22)30-24(19-6-4-3-5-7-19)28-29-25(30)34-17-23(32)27-26-16-18-8-12-21(31)13-9-18/h3-16,31H,2,17H2,1H3,(H,27,32)/b26-16-. The number of rotatable bonds is 9. The van der Waals surface area contributed by atoms with Crippen LogP contribution in [0.15, 0.2) is 89.1 Å². The summed E-state index contributed by atoms with van der Waals surface area (Å²) in [5.74, 6) is 1.46. The Balaban J connectivity index is 1.50. The molecule has 0 spiro atoms. The molecule has 172 valence electrons. The molecule has 9 heteroatoms. The Bertz CT molecular complexity index is 1260. The molecular weight excluding hydrogens is 450 g/mol. The van der Waals surface area contributed by atoms with Gasteiger partial charge < -0.3 is 9.84 Å². The lowest BCUT2D eigenvalue weighted by molar-refractivity contribution is -0.118. The number of thioether (sulfide) groups is 1. The zero-order valence-electron chi connectivity index (χ0n) is 18.5. The van der Waals surface area contributed by atoms with Crippen LogP contribution in [0.4, 0.5) is 0 Å². The molecule has 0 aliphatic rings. The molecule has 1 heterocycles. The number of hydrazone groups is 1. The quantitative estimate of drug-likeness (QED) is 0.214. The van der Waals surface area contributed by atoms with E-state index in [-0.39, 0.29) is 17.4 Å². The van der Waals surface area contributed by atoms with Crippen LogP contribution in [0.3, 0.4) is 0 Å². The molecule has 8 nitrogen and oxygen atoms in total. The third kappa shape index (κ3) is 5.81. The number of hydrogen-bond donors (Lipinski definition) is 2. The predicted molar refractivity (Wildman–Crippen MR) is 133 cm³/mol. The van der Waals surface area contributed by atoms with Gasteiger partial charge in [-0.1, -0.05) is 42.1 Å². The molecule has 0 fully saturated rings. The van der Waals surface area contributed by atoms with Crippen molar-refractivity contribution in [3.05, 3.63) is 84.4 Å². The van der Waals surface area contributed by atoms with Gasteiger partial charge in [0.1, 0.15) is 11.5 Å². The van der Waals surface area contributed by atoms with Crippen molar-refractivity contribution < 1.29 is 14.6 Å². The Labute approximate surface area is 201 Å². The molecule has 4 rings (SSSR count). The first kappa shape index (κ1) is 23.1. The van der Waals surface area contributed by atoms with Crippen molar-refractivity contribution in [1.82, 2.24) is 20.2 Å². The highest BCUT2D eigenvalue weighted by molar-refractivity contribution is 7.99. The van der Waals surface area contributed by atoms with Crippen molar-refractivity contribution in [2.75, 3.05) is 12.4 Å². The number of ether oxygens (including phenoxy) is 1. The molecule has 3 aromatic carbocycles. The van der Waals surface area contributed by atoms with Crippen molar-refractivity contribution in [3.8, 4) is 28.6 Å². The molecule has 0 aliphatic carbocycles. The van der Waals surface area contributed by atoms with Gasteiger partial charge in [0.05, 0.1) is 18.6 Å². The van der Waals surface area contributed by atoms with Crippen LogP contribution in [-0.2, 0) is 4.79 Å². The van der Waals surface area contributed by atoms with Crippen LogP contribution in [0, 0.1) is 0 Å². The van der Waals surface area contributed by atoms with E-state index < -0.39 is 0 Å². The molecule has 0 unspecified atom stereocenters. The maximum absolute atomic E-state index is 12.3. The van der Waals surface area contributed by atoms with Gasteiger partial charge in [0.2, 0.25) is 0 Å². The fourth-order valence-corrected chi connectivity index (χ4v) is 3.87. The number of hydrogen-bond acceptors (Lipinski definition) is 7. The second-order valence-electron chi connectivity index (χ2n) is 7.11. The number of nitrogens with one attached hydrogen (secondary N) is 1. The minimum atomic E-state index is -0.275. The van der Waals surface area contributed by atoms with Crippen molar-refractivity contribution >= 4 is 23.9 Å². The van der Waals surface area contributed by atoms with Crippen LogP contribution >= 0.6 is 11.8 Å². The van der Waals surface area contributed by atoms with Crippen LogP contribution in [0.2, 0.25) is 0 Å². The maximum atomic E-state index is 12.3. The molecule has 0 atom stereocenters. The Hall–Kier alpha value is -4.11. The van der Waals surface area contributed by atoms with Crippen LogP contribution in [0.25, 0.3) is 17.1 Å². The molecule has 34 heavy (non-hydrogen) atoms. The van der Waals surface area contributed by atoms with Crippen LogP contribution in [0.1, 0.15) is 12.5 Å². The minimum absolute atomic E-state index is 0.108. The van der Waals surface area contributed by atoms with Gasteiger partial charge in [-0.05, 0) is 61.0 Å². The van der Waals surface area contributed by atoms with E-state index in [4.69, 9.17) is 4.74 Å². The number of benzene rings is 3. The number of amides is 1. The summed E-state index contributed by atoms with van der Waals surface area (Å²) >= 11 is 1.27. The Morgan fingerprint density at radius 2 is 1.79 bits per heavy atom. The van der Waals surface area contributed by atoms with Crippen molar-refractivity contribution in [3.63, 3.8) is 0 Å². The summed E-state index contributed by atoms with van der Waals surface area (Å²) in [4.78, 5) is 12.3. The highest BCUT2D eigenvalue weighted by Crippen LogP contribution is 2.28. The molecule has 0 saturated heterocycles. The average molecular weight is 474 g/mol. The summed E-state index contributed by atoms with van der Waals surface area (Å²) in [6.45, 7) is 2.53. The highest BCUT2D eigenvalue weighted by Gasteiger charge is 2.17. The normalized spacial score (nSPS) is 11.0. The van der Waals surface area contributed by atoms with Gasteiger partial charge in [0.25, 0.3) is 5.91 Å². The van der Waals surface area contributed by atoms with E-state index in [1.807, 2.05) is 66.1 Å². The third-order valence-electron chi connectivity index (χ3n) is 4.70. The number of phenolic OH excluding ortho intramolecular Hbond substituents is 1. The van der Waals surface area contributed by atoms with Crippen molar-refractivity contribution in [2.45, 2.75) is 12.1 Å². The third-order valence-corrected chi connectivity index (χ3v) is 5.63. The van der Waals surface area contributed by atoms with Gasteiger partial charge in [0, 0.05) is 11.3 Å². The molecule has 1 aromatic heterocycles. The summed E-state index contributed by atoms with van der Waals surface area (Å²) in [6, 6.07) is 23.9. The maximum Gasteiger partial charge on any atom is 0.250 e. The van der Waals surface area contributed by atoms with Crippen LogP contribution in [-0.4, -0.2) is 44.4 Å². The number of aromatic nitrogens is 3. The smallest absolute Gasteiger partial charge is 0.250 e. The second-order valence-corrected chi connectivity index (χ2v) is 8.05. The average Bonchev–Trinajstić information content (AvgIpc) is 3.29. The highest BCUT2D eigenvalue weighted by atomic mass is 32.2. The number of nitrogens with zero attached hydrogens (tertiary/aromatic N) is 4. The summed E-state index contributed by atoms with van der Waals surface area (Å²) in [6.07, 6.45) is 1.51. The Morgan fingerprint density at radius 1 is 1.06 bits per heavy atom. The first-order valence-electron chi connectivity index (χ1n) is 10.6.